The lowest BCUT2D eigenvalue weighted by Gasteiger charge is -2.09. The van der Waals surface area contributed by atoms with Gasteiger partial charge in [-0.2, -0.15) is 5.10 Å². The van der Waals surface area contributed by atoms with Crippen molar-refractivity contribution < 1.29 is 19.4 Å². The first kappa shape index (κ1) is 19.0. The summed E-state index contributed by atoms with van der Waals surface area (Å²) < 4.78 is 5.14. The van der Waals surface area contributed by atoms with Gasteiger partial charge in [-0.25, -0.2) is 5.43 Å². The number of carbonyl (C=O) groups is 2. The second-order valence-electron chi connectivity index (χ2n) is 5.72. The van der Waals surface area contributed by atoms with Gasteiger partial charge in [-0.15, -0.1) is 0 Å². The maximum absolute atomic E-state index is 11.9. The van der Waals surface area contributed by atoms with E-state index in [9.17, 15) is 14.7 Å². The Kier molecular flexibility index (Phi) is 6.32. The molecule has 0 saturated carbocycles. The molecule has 0 aromatic heterocycles. The molecule has 26 heavy (non-hydrogen) atoms. The van der Waals surface area contributed by atoms with Crippen LogP contribution in [0.15, 0.2) is 41.5 Å². The lowest BCUT2D eigenvalue weighted by molar-refractivity contribution is -0.126. The zero-order chi connectivity index (χ0) is 19.1. The molecule has 3 N–H and O–H groups in total. The predicted octanol–water partition coefficient (Wildman–Crippen LogP) is 2.50. The van der Waals surface area contributed by atoms with E-state index < -0.39 is 11.8 Å². The van der Waals surface area contributed by atoms with Crippen molar-refractivity contribution in [3.8, 4) is 11.5 Å². The van der Waals surface area contributed by atoms with Gasteiger partial charge in [0.25, 0.3) is 0 Å². The molecule has 136 valence electrons. The van der Waals surface area contributed by atoms with Crippen LogP contribution >= 0.6 is 0 Å². The molecule has 0 aliphatic carbocycles. The molecule has 0 unspecified atom stereocenters. The lowest BCUT2D eigenvalue weighted by Crippen LogP contribution is -2.24. The monoisotopic (exact) mass is 355 g/mol. The number of nitrogens with one attached hydrogen (secondary N) is 2. The molecule has 0 spiro atoms. The third-order valence-electron chi connectivity index (χ3n) is 3.62. The van der Waals surface area contributed by atoms with E-state index in [0.717, 1.165) is 5.56 Å². The molecular weight excluding hydrogens is 334 g/mol. The normalized spacial score (nSPS) is 10.6. The molecule has 0 saturated heterocycles. The number of phenolic OH excluding ortho intramolecular Hbond substituents is 1. The number of hydrazone groups is 1. The third-order valence-corrected chi connectivity index (χ3v) is 3.62. The number of amides is 2. The maximum Gasteiger partial charge on any atom is 0.249 e. The smallest absolute Gasteiger partial charge is 0.249 e. The number of hydrogen-bond acceptors (Lipinski definition) is 5. The molecular formula is C19H21N3O4. The fourth-order valence-electron chi connectivity index (χ4n) is 2.37. The minimum atomic E-state index is -0.541. The number of aromatic hydroxyl groups is 1. The second-order valence-corrected chi connectivity index (χ2v) is 5.72. The SMILES string of the molecule is COc1ccccc1NC(=O)CC(=O)NN=Cc1cc(C)c(O)c(C)c1. The van der Waals surface area contributed by atoms with E-state index in [1.165, 1.54) is 13.3 Å². The number of methoxy groups -OCH3 is 1. The zero-order valence-corrected chi connectivity index (χ0v) is 14.9. The van der Waals surface area contributed by atoms with E-state index in [4.69, 9.17) is 4.74 Å². The van der Waals surface area contributed by atoms with Gasteiger partial charge in [0.2, 0.25) is 11.8 Å². The number of benzene rings is 2. The number of carbonyl (C=O) groups excluding carboxylic acids is 2. The Bertz CT molecular complexity index is 823. The Balaban J connectivity index is 1.89. The van der Waals surface area contributed by atoms with Crippen molar-refractivity contribution in [1.82, 2.24) is 5.43 Å². The van der Waals surface area contributed by atoms with E-state index >= 15 is 0 Å². The van der Waals surface area contributed by atoms with Gasteiger partial charge in [0.1, 0.15) is 17.9 Å². The second kappa shape index (κ2) is 8.66. The first-order valence-corrected chi connectivity index (χ1v) is 7.95. The van der Waals surface area contributed by atoms with Gasteiger partial charge in [0, 0.05) is 0 Å². The summed E-state index contributed by atoms with van der Waals surface area (Å²) in [6.07, 6.45) is 1.08. The first-order valence-electron chi connectivity index (χ1n) is 7.95. The van der Waals surface area contributed by atoms with E-state index in [1.54, 1.807) is 50.2 Å². The first-order chi connectivity index (χ1) is 12.4. The quantitative estimate of drug-likeness (QED) is 0.421. The number of nitrogens with zero attached hydrogens (tertiary/aromatic N) is 1. The van der Waals surface area contributed by atoms with Crippen LogP contribution in [-0.4, -0.2) is 30.2 Å². The van der Waals surface area contributed by atoms with Gasteiger partial charge in [-0.1, -0.05) is 12.1 Å². The molecule has 0 bridgehead atoms. The molecule has 2 aromatic rings. The van der Waals surface area contributed by atoms with Crippen molar-refractivity contribution >= 4 is 23.7 Å². The maximum atomic E-state index is 11.9. The Labute approximate surface area is 151 Å². The van der Waals surface area contributed by atoms with Crippen molar-refractivity contribution in [2.45, 2.75) is 20.3 Å². The van der Waals surface area contributed by atoms with Gasteiger partial charge < -0.3 is 15.2 Å². The molecule has 7 nitrogen and oxygen atoms in total. The Morgan fingerprint density at radius 3 is 2.46 bits per heavy atom. The topological polar surface area (TPSA) is 100 Å². The fraction of sp³-hybridized carbons (Fsp3) is 0.211. The number of para-hydroxylation sites is 2. The minimum absolute atomic E-state index is 0.235. The average Bonchev–Trinajstić information content (AvgIpc) is 2.60. The van der Waals surface area contributed by atoms with Gasteiger partial charge in [-0.05, 0) is 54.8 Å². The van der Waals surface area contributed by atoms with E-state index in [0.29, 0.717) is 22.6 Å². The van der Waals surface area contributed by atoms with Gasteiger partial charge >= 0.3 is 0 Å². The van der Waals surface area contributed by atoms with E-state index in [-0.39, 0.29) is 12.2 Å². The number of phenols is 1. The Hall–Kier alpha value is -3.35. The molecule has 0 radical (unpaired) electrons. The Morgan fingerprint density at radius 2 is 1.81 bits per heavy atom. The van der Waals surface area contributed by atoms with Crippen LogP contribution in [0, 0.1) is 13.8 Å². The van der Waals surface area contributed by atoms with Crippen molar-refractivity contribution in [1.29, 1.82) is 0 Å². The van der Waals surface area contributed by atoms with Gasteiger partial charge in [0.05, 0.1) is 19.0 Å². The molecule has 2 aromatic carbocycles. The van der Waals surface area contributed by atoms with Crippen molar-refractivity contribution in [3.05, 3.63) is 53.1 Å². The Morgan fingerprint density at radius 1 is 1.15 bits per heavy atom. The summed E-state index contributed by atoms with van der Waals surface area (Å²) in [7, 11) is 1.50. The summed E-state index contributed by atoms with van der Waals surface area (Å²) in [6.45, 7) is 3.56. The zero-order valence-electron chi connectivity index (χ0n) is 14.9. The van der Waals surface area contributed by atoms with E-state index in [1.807, 2.05) is 0 Å². The molecule has 2 amide bonds. The molecule has 0 aliphatic rings. The van der Waals surface area contributed by atoms with Crippen LogP contribution in [0.25, 0.3) is 0 Å². The molecule has 0 aliphatic heterocycles. The van der Waals surface area contributed by atoms with Crippen LogP contribution in [0.3, 0.4) is 0 Å². The van der Waals surface area contributed by atoms with Crippen LogP contribution < -0.4 is 15.5 Å². The number of rotatable bonds is 6. The molecule has 0 heterocycles. The van der Waals surface area contributed by atoms with Gasteiger partial charge in [-0.3, -0.25) is 9.59 Å². The highest BCUT2D eigenvalue weighted by Gasteiger charge is 2.11. The van der Waals surface area contributed by atoms with Crippen LogP contribution in [0.1, 0.15) is 23.1 Å². The summed E-state index contributed by atoms with van der Waals surface area (Å²) in [4.78, 5) is 23.8. The van der Waals surface area contributed by atoms with Crippen molar-refractivity contribution in [3.63, 3.8) is 0 Å². The standard InChI is InChI=1S/C19H21N3O4/c1-12-8-14(9-13(2)19(12)25)11-20-22-18(24)10-17(23)21-15-6-4-5-7-16(15)26-3/h4-9,11,25H,10H2,1-3H3,(H,21,23)(H,22,24). The summed E-state index contributed by atoms with van der Waals surface area (Å²) in [5.74, 6) is -0.268. The van der Waals surface area contributed by atoms with Crippen molar-refractivity contribution in [2.24, 2.45) is 5.10 Å². The molecule has 0 fully saturated rings. The summed E-state index contributed by atoms with van der Waals surface area (Å²) >= 11 is 0. The summed E-state index contributed by atoms with van der Waals surface area (Å²) in [5, 5.41) is 16.2. The fourth-order valence-corrected chi connectivity index (χ4v) is 2.37. The number of aryl methyl sites for hydroxylation is 2. The largest absolute Gasteiger partial charge is 0.507 e. The summed E-state index contributed by atoms with van der Waals surface area (Å²) in [6, 6.07) is 10.4. The highest BCUT2D eigenvalue weighted by molar-refractivity contribution is 6.04. The number of hydrogen-bond donors (Lipinski definition) is 3. The van der Waals surface area contributed by atoms with Crippen LogP contribution in [0.5, 0.6) is 11.5 Å². The minimum Gasteiger partial charge on any atom is -0.507 e. The van der Waals surface area contributed by atoms with Crippen molar-refractivity contribution in [2.75, 3.05) is 12.4 Å². The predicted molar refractivity (Wildman–Crippen MR) is 99.6 cm³/mol. The third kappa shape index (κ3) is 5.07. The molecule has 2 rings (SSSR count). The van der Waals surface area contributed by atoms with Crippen LogP contribution in [-0.2, 0) is 9.59 Å². The lowest BCUT2D eigenvalue weighted by atomic mass is 10.1. The average molecular weight is 355 g/mol. The highest BCUT2D eigenvalue weighted by Crippen LogP contribution is 2.23. The highest BCUT2D eigenvalue weighted by atomic mass is 16.5. The number of ether oxygens (including phenoxy) is 1. The van der Waals surface area contributed by atoms with Crippen LogP contribution in [0.2, 0.25) is 0 Å². The van der Waals surface area contributed by atoms with E-state index in [2.05, 4.69) is 15.8 Å². The molecule has 7 heteroatoms. The summed E-state index contributed by atoms with van der Waals surface area (Å²) in [5.41, 5.74) is 4.96. The van der Waals surface area contributed by atoms with Gasteiger partial charge in [0.15, 0.2) is 0 Å². The molecule has 0 atom stereocenters. The number of anilines is 1. The van der Waals surface area contributed by atoms with Crippen LogP contribution in [0.4, 0.5) is 5.69 Å².